The molecule has 2 aliphatic rings. The lowest BCUT2D eigenvalue weighted by Gasteiger charge is -2.26. The second kappa shape index (κ2) is 7.45. The van der Waals surface area contributed by atoms with E-state index in [4.69, 9.17) is 4.74 Å². The summed E-state index contributed by atoms with van der Waals surface area (Å²) < 4.78 is 5.46. The molecule has 0 radical (unpaired) electrons. The second-order valence-corrected chi connectivity index (χ2v) is 14.7. The molecule has 3 heterocycles. The Bertz CT molecular complexity index is 861. The Labute approximate surface area is 173 Å². The first-order valence-corrected chi connectivity index (χ1v) is 13.5. The van der Waals surface area contributed by atoms with E-state index >= 15 is 0 Å². The lowest BCUT2D eigenvalue weighted by molar-refractivity contribution is -0.125. The summed E-state index contributed by atoms with van der Waals surface area (Å²) in [6, 6.07) is 0. The van der Waals surface area contributed by atoms with Gasteiger partial charge in [0.25, 0.3) is 0 Å². The lowest BCUT2D eigenvalue weighted by atomic mass is 9.86. The third-order valence-electron chi connectivity index (χ3n) is 4.98. The molecule has 156 valence electrons. The van der Waals surface area contributed by atoms with Crippen molar-refractivity contribution >= 4 is 26.0 Å². The minimum atomic E-state index is -1.47. The van der Waals surface area contributed by atoms with Gasteiger partial charge in [0.15, 0.2) is 0 Å². The molecule has 2 aliphatic heterocycles. The van der Waals surface area contributed by atoms with Crippen LogP contribution >= 0.6 is 0 Å². The summed E-state index contributed by atoms with van der Waals surface area (Å²) in [5.74, 6) is 3.52. The smallest absolute Gasteiger partial charge is 0.410 e. The van der Waals surface area contributed by atoms with Crippen molar-refractivity contribution in [2.45, 2.75) is 58.9 Å². The fourth-order valence-electron chi connectivity index (χ4n) is 3.53. The topological polar surface area (TPSA) is 75.6 Å². The van der Waals surface area contributed by atoms with E-state index in [1.165, 1.54) is 0 Å². The van der Waals surface area contributed by atoms with Crippen molar-refractivity contribution in [3.05, 3.63) is 18.0 Å². The number of amides is 2. The standard InChI is InChI=1S/C21H30N4O3Si/c1-20(2,3)28-19(27)24-10-8-21(15-24)9-11-25(17(21)26)18-22-13-16(14-23-18)7-12-29(4,5)6/h13-14H,8-11,15H2,1-6H3. The SMILES string of the molecule is CC(C)(C)OC(=O)N1CCC2(CCN(c3ncc(C#C[Si](C)(C)C)cn3)C2=O)C1. The zero-order valence-corrected chi connectivity index (χ0v) is 19.2. The third kappa shape index (κ3) is 4.96. The largest absolute Gasteiger partial charge is 0.444 e. The van der Waals surface area contributed by atoms with Gasteiger partial charge < -0.3 is 9.64 Å². The maximum atomic E-state index is 13.2. The molecule has 8 heteroatoms. The molecule has 1 atom stereocenters. The van der Waals surface area contributed by atoms with Crippen LogP contribution in [0.25, 0.3) is 0 Å². The third-order valence-corrected chi connectivity index (χ3v) is 5.85. The highest BCUT2D eigenvalue weighted by Crippen LogP contribution is 2.41. The van der Waals surface area contributed by atoms with Gasteiger partial charge in [-0.2, -0.15) is 0 Å². The molecule has 0 N–H and O–H groups in total. The van der Waals surface area contributed by atoms with E-state index in [1.807, 2.05) is 20.8 Å². The first-order chi connectivity index (χ1) is 13.4. The number of aromatic nitrogens is 2. The van der Waals surface area contributed by atoms with Crippen molar-refractivity contribution in [1.29, 1.82) is 0 Å². The van der Waals surface area contributed by atoms with E-state index in [0.29, 0.717) is 38.4 Å². The van der Waals surface area contributed by atoms with E-state index < -0.39 is 19.1 Å². The number of hydrogen-bond acceptors (Lipinski definition) is 5. The summed E-state index contributed by atoms with van der Waals surface area (Å²) in [6.45, 7) is 13.5. The Hall–Kier alpha value is -2.40. The number of carbonyl (C=O) groups is 2. The summed E-state index contributed by atoms with van der Waals surface area (Å²) >= 11 is 0. The summed E-state index contributed by atoms with van der Waals surface area (Å²) in [5, 5.41) is 0. The molecule has 0 aliphatic carbocycles. The van der Waals surface area contributed by atoms with Gasteiger partial charge in [0.05, 0.1) is 11.0 Å². The Morgan fingerprint density at radius 1 is 1.17 bits per heavy atom. The van der Waals surface area contributed by atoms with Crippen molar-refractivity contribution < 1.29 is 14.3 Å². The van der Waals surface area contributed by atoms with E-state index in [0.717, 1.165) is 5.56 Å². The van der Waals surface area contributed by atoms with Gasteiger partial charge in [0, 0.05) is 32.0 Å². The summed E-state index contributed by atoms with van der Waals surface area (Å²) in [5.41, 5.74) is 2.94. The van der Waals surface area contributed by atoms with E-state index in [-0.39, 0.29) is 12.0 Å². The van der Waals surface area contributed by atoms with Gasteiger partial charge in [-0.1, -0.05) is 25.6 Å². The number of anilines is 1. The molecule has 2 fully saturated rings. The molecule has 1 aromatic rings. The average molecular weight is 415 g/mol. The molecule has 0 bridgehead atoms. The van der Waals surface area contributed by atoms with Crippen LogP contribution in [0.4, 0.5) is 10.7 Å². The van der Waals surface area contributed by atoms with Crippen molar-refractivity contribution in [3.8, 4) is 11.5 Å². The van der Waals surface area contributed by atoms with Gasteiger partial charge in [-0.25, -0.2) is 14.8 Å². The molecule has 1 unspecified atom stereocenters. The minimum Gasteiger partial charge on any atom is -0.444 e. The van der Waals surface area contributed by atoms with Gasteiger partial charge >= 0.3 is 6.09 Å². The molecule has 7 nitrogen and oxygen atoms in total. The predicted molar refractivity (Wildman–Crippen MR) is 114 cm³/mol. The maximum Gasteiger partial charge on any atom is 0.410 e. The molecule has 29 heavy (non-hydrogen) atoms. The Morgan fingerprint density at radius 3 is 2.38 bits per heavy atom. The summed E-state index contributed by atoms with van der Waals surface area (Å²) in [6.07, 6.45) is 4.32. The zero-order valence-electron chi connectivity index (χ0n) is 18.2. The number of carbonyl (C=O) groups excluding carboxylic acids is 2. The second-order valence-electron chi connectivity index (χ2n) is 9.91. The summed E-state index contributed by atoms with van der Waals surface area (Å²) in [4.78, 5) is 37.6. The number of hydrogen-bond donors (Lipinski definition) is 0. The molecule has 1 spiro atoms. The van der Waals surface area contributed by atoms with Gasteiger partial charge in [-0.15, -0.1) is 5.54 Å². The van der Waals surface area contributed by atoms with Crippen LogP contribution in [0.15, 0.2) is 12.4 Å². The fraction of sp³-hybridized carbons (Fsp3) is 0.619. The van der Waals surface area contributed by atoms with Crippen molar-refractivity contribution in [2.24, 2.45) is 5.41 Å². The molecule has 2 amide bonds. The van der Waals surface area contributed by atoms with Crippen molar-refractivity contribution in [2.75, 3.05) is 24.5 Å². The van der Waals surface area contributed by atoms with Crippen molar-refractivity contribution in [3.63, 3.8) is 0 Å². The lowest BCUT2D eigenvalue weighted by Crippen LogP contribution is -2.40. The molecule has 1 aromatic heterocycles. The van der Waals surface area contributed by atoms with Gasteiger partial charge in [-0.3, -0.25) is 9.69 Å². The first-order valence-electron chi connectivity index (χ1n) is 10.0. The Balaban J connectivity index is 1.69. The van der Waals surface area contributed by atoms with Gasteiger partial charge in [0.2, 0.25) is 11.9 Å². The normalized spacial score (nSPS) is 22.1. The molecule has 3 rings (SSSR count). The molecular weight excluding hydrogens is 384 g/mol. The average Bonchev–Trinajstić information content (AvgIpc) is 3.17. The number of rotatable bonds is 1. The van der Waals surface area contributed by atoms with Crippen LogP contribution < -0.4 is 4.90 Å². The van der Waals surface area contributed by atoms with Crippen LogP contribution in [0.2, 0.25) is 19.6 Å². The molecule has 2 saturated heterocycles. The van der Waals surface area contributed by atoms with Crippen LogP contribution in [0.1, 0.15) is 39.2 Å². The van der Waals surface area contributed by atoms with Crippen LogP contribution in [-0.2, 0) is 9.53 Å². The molecule has 0 saturated carbocycles. The number of nitrogens with zero attached hydrogens (tertiary/aromatic N) is 4. The predicted octanol–water partition coefficient (Wildman–Crippen LogP) is 3.07. The van der Waals surface area contributed by atoms with Gasteiger partial charge in [-0.05, 0) is 33.6 Å². The highest BCUT2D eigenvalue weighted by molar-refractivity contribution is 6.83. The van der Waals surface area contributed by atoms with Crippen molar-refractivity contribution in [1.82, 2.24) is 14.9 Å². The number of likely N-dealkylation sites (tertiary alicyclic amines) is 1. The first kappa shape index (κ1) is 21.3. The maximum absolute atomic E-state index is 13.2. The highest BCUT2D eigenvalue weighted by atomic mass is 28.3. The highest BCUT2D eigenvalue weighted by Gasteiger charge is 2.53. The van der Waals surface area contributed by atoms with E-state index in [2.05, 4.69) is 41.1 Å². The molecular formula is C21H30N4O3Si. The van der Waals surface area contributed by atoms with Gasteiger partial charge in [0.1, 0.15) is 13.7 Å². The summed E-state index contributed by atoms with van der Waals surface area (Å²) in [7, 11) is -1.47. The number of ether oxygens (including phenoxy) is 1. The fourth-order valence-corrected chi connectivity index (χ4v) is 4.05. The van der Waals surface area contributed by atoms with Crippen LogP contribution in [0, 0.1) is 16.9 Å². The zero-order chi connectivity index (χ0) is 21.4. The molecule has 0 aromatic carbocycles. The Kier molecular flexibility index (Phi) is 5.47. The minimum absolute atomic E-state index is 0.00973. The Morgan fingerprint density at radius 2 is 1.79 bits per heavy atom. The monoisotopic (exact) mass is 414 g/mol. The van der Waals surface area contributed by atoms with E-state index in [1.54, 1.807) is 22.2 Å². The quantitative estimate of drug-likeness (QED) is 0.521. The van der Waals surface area contributed by atoms with Crippen LogP contribution in [0.5, 0.6) is 0 Å². The van der Waals surface area contributed by atoms with E-state index in [9.17, 15) is 9.59 Å². The van der Waals surface area contributed by atoms with Crippen LogP contribution in [-0.4, -0.2) is 60.2 Å². The van der Waals surface area contributed by atoms with Crippen LogP contribution in [0.3, 0.4) is 0 Å².